The van der Waals surface area contributed by atoms with Crippen molar-refractivity contribution in [2.45, 2.75) is 52.6 Å². The van der Waals surface area contributed by atoms with Gasteiger partial charge in [0.15, 0.2) is 0 Å². The average Bonchev–Trinajstić information content (AvgIpc) is 2.00. The Kier molecular flexibility index (Phi) is 2.74. The SMILES string of the molecule is CC(C)(C)N1C=CC=C[N+]1([O-])C(C)(C)C. The molecule has 1 unspecified atom stereocenters. The molecule has 0 aromatic carbocycles. The Hall–Kier alpha value is -0.800. The zero-order valence-corrected chi connectivity index (χ0v) is 10.6. The Morgan fingerprint density at radius 2 is 1.53 bits per heavy atom. The highest BCUT2D eigenvalue weighted by Gasteiger charge is 2.41. The Morgan fingerprint density at radius 1 is 1.00 bits per heavy atom. The van der Waals surface area contributed by atoms with Gasteiger partial charge in [0, 0.05) is 0 Å². The third-order valence-electron chi connectivity index (χ3n) is 2.60. The van der Waals surface area contributed by atoms with Crippen molar-refractivity contribution in [3.8, 4) is 0 Å². The van der Waals surface area contributed by atoms with Crippen LogP contribution in [0.5, 0.6) is 0 Å². The van der Waals surface area contributed by atoms with Crippen LogP contribution < -0.4 is 0 Å². The smallest absolute Gasteiger partial charge is 0.121 e. The molecule has 0 N–H and O–H groups in total. The normalized spacial score (nSPS) is 27.3. The van der Waals surface area contributed by atoms with Crippen LogP contribution in [0.3, 0.4) is 0 Å². The maximum atomic E-state index is 12.8. The zero-order valence-electron chi connectivity index (χ0n) is 10.6. The molecule has 1 aliphatic rings. The van der Waals surface area contributed by atoms with E-state index in [2.05, 4.69) is 0 Å². The fourth-order valence-corrected chi connectivity index (χ4v) is 1.68. The van der Waals surface area contributed by atoms with Crippen molar-refractivity contribution < 1.29 is 4.76 Å². The van der Waals surface area contributed by atoms with Gasteiger partial charge in [-0.15, -0.1) is 0 Å². The highest BCUT2D eigenvalue weighted by molar-refractivity contribution is 5.05. The molecule has 86 valence electrons. The summed E-state index contributed by atoms with van der Waals surface area (Å²) in [5, 5.41) is 14.7. The number of rotatable bonds is 0. The number of quaternary nitrogens is 1. The first-order valence-electron chi connectivity index (χ1n) is 5.35. The molecule has 0 saturated carbocycles. The van der Waals surface area contributed by atoms with Crippen molar-refractivity contribution in [1.82, 2.24) is 5.01 Å². The topological polar surface area (TPSA) is 26.3 Å². The molecule has 1 rings (SSSR count). The van der Waals surface area contributed by atoms with Crippen LogP contribution in [0.4, 0.5) is 0 Å². The molecule has 0 spiro atoms. The maximum Gasteiger partial charge on any atom is 0.121 e. The minimum Gasteiger partial charge on any atom is -0.601 e. The summed E-state index contributed by atoms with van der Waals surface area (Å²) in [7, 11) is 0. The average molecular weight is 210 g/mol. The molecule has 0 aliphatic carbocycles. The first-order valence-corrected chi connectivity index (χ1v) is 5.35. The highest BCUT2D eigenvalue weighted by atomic mass is 16.6. The molecule has 3 heteroatoms. The van der Waals surface area contributed by atoms with E-state index in [1.165, 1.54) is 0 Å². The summed E-state index contributed by atoms with van der Waals surface area (Å²) in [6, 6.07) is 0. The van der Waals surface area contributed by atoms with Crippen LogP contribution >= 0.6 is 0 Å². The van der Waals surface area contributed by atoms with E-state index in [9.17, 15) is 5.21 Å². The monoisotopic (exact) mass is 210 g/mol. The molecular weight excluding hydrogens is 188 g/mol. The van der Waals surface area contributed by atoms with E-state index in [0.717, 1.165) is 0 Å². The lowest BCUT2D eigenvalue weighted by Gasteiger charge is -2.59. The molecule has 1 heterocycles. The van der Waals surface area contributed by atoms with Gasteiger partial charge in [0.25, 0.3) is 0 Å². The largest absolute Gasteiger partial charge is 0.601 e. The van der Waals surface area contributed by atoms with Crippen LogP contribution in [0.25, 0.3) is 0 Å². The van der Waals surface area contributed by atoms with Crippen molar-refractivity contribution in [3.63, 3.8) is 0 Å². The summed E-state index contributed by atoms with van der Waals surface area (Å²) >= 11 is 0. The van der Waals surface area contributed by atoms with Gasteiger partial charge in [0.1, 0.15) is 11.7 Å². The molecular formula is C12H22N2O. The van der Waals surface area contributed by atoms with Crippen LogP contribution in [0.15, 0.2) is 24.6 Å². The first-order chi connectivity index (χ1) is 6.59. The van der Waals surface area contributed by atoms with Crippen molar-refractivity contribution >= 4 is 0 Å². The molecule has 0 aromatic heterocycles. The van der Waals surface area contributed by atoms with E-state index in [-0.39, 0.29) is 5.54 Å². The van der Waals surface area contributed by atoms with Gasteiger partial charge in [-0.1, -0.05) is 0 Å². The van der Waals surface area contributed by atoms with Crippen molar-refractivity contribution in [3.05, 3.63) is 29.8 Å². The van der Waals surface area contributed by atoms with Crippen LogP contribution in [-0.4, -0.2) is 20.8 Å². The molecule has 0 saturated heterocycles. The molecule has 0 radical (unpaired) electrons. The fourth-order valence-electron chi connectivity index (χ4n) is 1.68. The van der Waals surface area contributed by atoms with Gasteiger partial charge < -0.3 is 5.21 Å². The van der Waals surface area contributed by atoms with E-state index >= 15 is 0 Å². The fraction of sp³-hybridized carbons (Fsp3) is 0.667. The minimum absolute atomic E-state index is 0.184. The quantitative estimate of drug-likeness (QED) is 0.453. The van der Waals surface area contributed by atoms with Gasteiger partial charge >= 0.3 is 0 Å². The van der Waals surface area contributed by atoms with Gasteiger partial charge in [-0.05, 0) is 53.7 Å². The molecule has 1 aliphatic heterocycles. The number of hydrogen-bond acceptors (Lipinski definition) is 2. The van der Waals surface area contributed by atoms with Gasteiger partial charge in [0.2, 0.25) is 0 Å². The van der Waals surface area contributed by atoms with E-state index in [1.54, 1.807) is 6.20 Å². The van der Waals surface area contributed by atoms with Crippen molar-refractivity contribution in [2.24, 2.45) is 0 Å². The predicted octanol–water partition coefficient (Wildman–Crippen LogP) is 3.16. The van der Waals surface area contributed by atoms with E-state index in [0.29, 0.717) is 0 Å². The number of hydroxylamine groups is 2. The summed E-state index contributed by atoms with van der Waals surface area (Å²) in [6.45, 7) is 12.0. The van der Waals surface area contributed by atoms with Gasteiger partial charge in [-0.2, -0.15) is 0 Å². The van der Waals surface area contributed by atoms with E-state index in [4.69, 9.17) is 0 Å². The lowest BCUT2D eigenvalue weighted by atomic mass is 10.0. The Bertz CT molecular complexity index is 294. The number of hydrogen-bond donors (Lipinski definition) is 0. The highest BCUT2D eigenvalue weighted by Crippen LogP contribution is 2.34. The minimum atomic E-state index is -0.438. The van der Waals surface area contributed by atoms with Crippen molar-refractivity contribution in [2.75, 3.05) is 0 Å². The molecule has 3 nitrogen and oxygen atoms in total. The second-order valence-electron chi connectivity index (χ2n) is 5.99. The van der Waals surface area contributed by atoms with Crippen LogP contribution in [0.1, 0.15) is 41.5 Å². The third-order valence-corrected chi connectivity index (χ3v) is 2.60. The predicted molar refractivity (Wildman–Crippen MR) is 63.3 cm³/mol. The zero-order chi connectivity index (χ0) is 11.9. The van der Waals surface area contributed by atoms with E-state index in [1.807, 2.05) is 64.9 Å². The third kappa shape index (κ3) is 2.08. The lowest BCUT2D eigenvalue weighted by molar-refractivity contribution is -0.990. The molecule has 0 fully saturated rings. The summed E-state index contributed by atoms with van der Waals surface area (Å²) in [5.74, 6) is 0. The number of allylic oxidation sites excluding steroid dienone is 2. The summed E-state index contributed by atoms with van der Waals surface area (Å²) in [5.41, 5.74) is -0.579. The second kappa shape index (κ2) is 3.35. The van der Waals surface area contributed by atoms with E-state index < -0.39 is 10.3 Å². The lowest BCUT2D eigenvalue weighted by Crippen LogP contribution is -2.65. The Morgan fingerprint density at radius 3 is 1.87 bits per heavy atom. The molecule has 0 amide bonds. The molecule has 0 aromatic rings. The van der Waals surface area contributed by atoms with Crippen LogP contribution in [0, 0.1) is 5.21 Å². The summed E-state index contributed by atoms with van der Waals surface area (Å²) in [4.78, 5) is 0. The number of nitrogens with zero attached hydrogens (tertiary/aromatic N) is 2. The van der Waals surface area contributed by atoms with Crippen LogP contribution in [0.2, 0.25) is 0 Å². The van der Waals surface area contributed by atoms with Crippen LogP contribution in [-0.2, 0) is 0 Å². The maximum absolute atomic E-state index is 12.8. The van der Waals surface area contributed by atoms with Crippen molar-refractivity contribution in [1.29, 1.82) is 0 Å². The molecule has 15 heavy (non-hydrogen) atoms. The second-order valence-corrected chi connectivity index (χ2v) is 5.99. The first kappa shape index (κ1) is 12.3. The molecule has 1 atom stereocenters. The Balaban J connectivity index is 3.17. The van der Waals surface area contributed by atoms with Gasteiger partial charge in [-0.3, -0.25) is 0 Å². The summed E-state index contributed by atoms with van der Waals surface area (Å²) < 4.78 is -0.438. The standard InChI is InChI=1S/C12H22N2O/c1-11(2,3)13-9-7-8-10-14(13,15)12(4,5)6/h7-10H,1-6H3. The van der Waals surface area contributed by atoms with Gasteiger partial charge in [-0.25, -0.2) is 9.76 Å². The molecule has 0 bridgehead atoms. The Labute approximate surface area is 92.8 Å². The summed E-state index contributed by atoms with van der Waals surface area (Å²) in [6.07, 6.45) is 7.30. The van der Waals surface area contributed by atoms with Gasteiger partial charge in [0.05, 0.1) is 11.7 Å².